The average Bonchev–Trinajstić information content (AvgIpc) is 2.96. The monoisotopic (exact) mass is 311 g/mol. The third kappa shape index (κ3) is 2.50. The van der Waals surface area contributed by atoms with Crippen molar-refractivity contribution < 1.29 is 14.3 Å². The number of carboxylic acids is 1. The van der Waals surface area contributed by atoms with E-state index >= 15 is 0 Å². The van der Waals surface area contributed by atoms with Crippen molar-refractivity contribution in [2.45, 2.75) is 25.2 Å². The molecule has 0 aliphatic carbocycles. The van der Waals surface area contributed by atoms with E-state index in [9.17, 15) is 14.3 Å². The van der Waals surface area contributed by atoms with Crippen LogP contribution in [0.4, 0.5) is 4.39 Å². The number of hydrogen-bond donors (Lipinski definition) is 2. The van der Waals surface area contributed by atoms with Crippen LogP contribution in [0.1, 0.15) is 24.5 Å². The Morgan fingerprint density at radius 3 is 2.57 bits per heavy atom. The highest BCUT2D eigenvalue weighted by Gasteiger charge is 2.41. The van der Waals surface area contributed by atoms with Gasteiger partial charge in [-0.2, -0.15) is 0 Å². The summed E-state index contributed by atoms with van der Waals surface area (Å²) in [5, 5.41) is 10.9. The second-order valence-electron chi connectivity index (χ2n) is 5.76. The molecule has 2 aromatic carbocycles. The van der Waals surface area contributed by atoms with Crippen LogP contribution in [-0.4, -0.2) is 16.1 Å². The molecular weight excluding hydrogens is 293 g/mol. The van der Waals surface area contributed by atoms with E-state index in [0.29, 0.717) is 6.42 Å². The Labute approximate surface area is 133 Å². The fraction of sp³-hybridized carbons (Fsp3) is 0.211. The lowest BCUT2D eigenvalue weighted by Gasteiger charge is -2.29. The second kappa shape index (κ2) is 5.88. The van der Waals surface area contributed by atoms with Crippen LogP contribution >= 0.6 is 0 Å². The van der Waals surface area contributed by atoms with Gasteiger partial charge in [0.05, 0.1) is 5.41 Å². The number of benzene rings is 2. The fourth-order valence-corrected chi connectivity index (χ4v) is 3.21. The summed E-state index contributed by atoms with van der Waals surface area (Å²) in [4.78, 5) is 15.2. The smallest absolute Gasteiger partial charge is 0.314 e. The first kappa shape index (κ1) is 15.3. The van der Waals surface area contributed by atoms with Gasteiger partial charge < -0.3 is 10.1 Å². The van der Waals surface area contributed by atoms with Crippen LogP contribution in [0, 0.1) is 5.82 Å². The van der Waals surface area contributed by atoms with Crippen molar-refractivity contribution in [3.8, 4) is 0 Å². The third-order valence-corrected chi connectivity index (χ3v) is 4.57. The van der Waals surface area contributed by atoms with E-state index in [4.69, 9.17) is 0 Å². The lowest BCUT2D eigenvalue weighted by molar-refractivity contribution is -0.144. The van der Waals surface area contributed by atoms with Gasteiger partial charge in [-0.3, -0.25) is 4.79 Å². The zero-order valence-electron chi connectivity index (χ0n) is 12.8. The largest absolute Gasteiger partial charge is 0.481 e. The second-order valence-corrected chi connectivity index (χ2v) is 5.76. The van der Waals surface area contributed by atoms with E-state index in [1.54, 1.807) is 25.1 Å². The van der Waals surface area contributed by atoms with E-state index < -0.39 is 17.2 Å². The topological polar surface area (TPSA) is 53.1 Å². The summed E-state index contributed by atoms with van der Waals surface area (Å²) in [6, 6.07) is 13.9. The van der Waals surface area contributed by atoms with Crippen LogP contribution in [0.25, 0.3) is 10.9 Å². The molecular formula is C19H18FNO2. The SMILES string of the molecule is CC[C@@](Cc1c[nH]c2ccccc12)(C(=O)O)c1ccccc1F. The maximum Gasteiger partial charge on any atom is 0.314 e. The Morgan fingerprint density at radius 1 is 1.17 bits per heavy atom. The van der Waals surface area contributed by atoms with Crippen molar-refractivity contribution in [2.24, 2.45) is 0 Å². The number of carboxylic acid groups (broad SMARTS) is 1. The number of halogens is 1. The number of carbonyl (C=O) groups is 1. The van der Waals surface area contributed by atoms with Crippen LogP contribution < -0.4 is 0 Å². The Balaban J connectivity index is 2.14. The molecule has 0 fully saturated rings. The molecule has 1 atom stereocenters. The molecule has 0 saturated carbocycles. The summed E-state index contributed by atoms with van der Waals surface area (Å²) < 4.78 is 14.3. The Bertz CT molecular complexity index is 855. The van der Waals surface area contributed by atoms with Crippen molar-refractivity contribution in [1.29, 1.82) is 0 Å². The summed E-state index contributed by atoms with van der Waals surface area (Å²) in [5.74, 6) is -1.48. The van der Waals surface area contributed by atoms with Gasteiger partial charge >= 0.3 is 5.97 Å². The van der Waals surface area contributed by atoms with Gasteiger partial charge in [-0.05, 0) is 30.5 Å². The zero-order chi connectivity index (χ0) is 16.4. The summed E-state index contributed by atoms with van der Waals surface area (Å²) in [6.07, 6.45) is 2.37. The van der Waals surface area contributed by atoms with Gasteiger partial charge in [0.2, 0.25) is 0 Å². The van der Waals surface area contributed by atoms with Crippen molar-refractivity contribution in [1.82, 2.24) is 4.98 Å². The van der Waals surface area contributed by atoms with E-state index in [-0.39, 0.29) is 12.0 Å². The molecule has 1 heterocycles. The molecule has 0 spiro atoms. The first-order chi connectivity index (χ1) is 11.1. The van der Waals surface area contributed by atoms with Crippen LogP contribution in [0.5, 0.6) is 0 Å². The first-order valence-corrected chi connectivity index (χ1v) is 7.62. The predicted molar refractivity (Wildman–Crippen MR) is 88.0 cm³/mol. The number of H-pyrrole nitrogens is 1. The van der Waals surface area contributed by atoms with Gasteiger partial charge in [-0.25, -0.2) is 4.39 Å². The molecule has 118 valence electrons. The highest BCUT2D eigenvalue weighted by atomic mass is 19.1. The molecule has 0 radical (unpaired) electrons. The van der Waals surface area contributed by atoms with E-state index in [2.05, 4.69) is 4.98 Å². The minimum Gasteiger partial charge on any atom is -0.481 e. The van der Waals surface area contributed by atoms with Crippen molar-refractivity contribution in [3.63, 3.8) is 0 Å². The normalized spacial score (nSPS) is 13.8. The van der Waals surface area contributed by atoms with Gasteiger partial charge in [0.25, 0.3) is 0 Å². The van der Waals surface area contributed by atoms with E-state index in [1.165, 1.54) is 6.07 Å². The number of para-hydroxylation sites is 1. The average molecular weight is 311 g/mol. The first-order valence-electron chi connectivity index (χ1n) is 7.62. The van der Waals surface area contributed by atoms with Crippen molar-refractivity contribution >= 4 is 16.9 Å². The lowest BCUT2D eigenvalue weighted by atomic mass is 9.73. The van der Waals surface area contributed by atoms with Gasteiger partial charge in [-0.1, -0.05) is 43.3 Å². The summed E-state index contributed by atoms with van der Waals surface area (Å²) in [5.41, 5.74) is 0.788. The molecule has 0 aliphatic rings. The highest BCUT2D eigenvalue weighted by Crippen LogP contribution is 2.36. The molecule has 1 aromatic heterocycles. The number of hydrogen-bond acceptors (Lipinski definition) is 1. The Kier molecular flexibility index (Phi) is 3.90. The maximum atomic E-state index is 14.3. The van der Waals surface area contributed by atoms with Crippen molar-refractivity contribution in [2.75, 3.05) is 0 Å². The Hall–Kier alpha value is -2.62. The van der Waals surface area contributed by atoms with Gasteiger partial charge in [0.15, 0.2) is 0 Å². The number of aromatic amines is 1. The quantitative estimate of drug-likeness (QED) is 0.739. The van der Waals surface area contributed by atoms with Crippen LogP contribution in [0.2, 0.25) is 0 Å². The summed E-state index contributed by atoms with van der Waals surface area (Å²) in [7, 11) is 0. The third-order valence-electron chi connectivity index (χ3n) is 4.57. The fourth-order valence-electron chi connectivity index (χ4n) is 3.21. The van der Waals surface area contributed by atoms with Gasteiger partial charge in [-0.15, -0.1) is 0 Å². The maximum absolute atomic E-state index is 14.3. The van der Waals surface area contributed by atoms with Gasteiger partial charge in [0.1, 0.15) is 5.82 Å². The standard InChI is InChI=1S/C19H18FNO2/c1-2-19(18(22)23,15-8-4-5-9-16(15)20)11-13-12-21-17-10-6-3-7-14(13)17/h3-10,12,21H,2,11H2,1H3,(H,22,23)/t19-/m0/s1. The molecule has 23 heavy (non-hydrogen) atoms. The molecule has 4 heteroatoms. The minimum absolute atomic E-state index is 0.236. The molecule has 0 saturated heterocycles. The molecule has 2 N–H and O–H groups in total. The van der Waals surface area contributed by atoms with Crippen LogP contribution in [0.3, 0.4) is 0 Å². The summed E-state index contributed by atoms with van der Waals surface area (Å²) >= 11 is 0. The lowest BCUT2D eigenvalue weighted by Crippen LogP contribution is -2.38. The summed E-state index contributed by atoms with van der Waals surface area (Å²) in [6.45, 7) is 1.79. The number of fused-ring (bicyclic) bond motifs is 1. The number of nitrogens with one attached hydrogen (secondary N) is 1. The zero-order valence-corrected chi connectivity index (χ0v) is 12.8. The number of rotatable bonds is 5. The molecule has 0 unspecified atom stereocenters. The number of aliphatic carboxylic acids is 1. The van der Waals surface area contributed by atoms with Crippen molar-refractivity contribution in [3.05, 3.63) is 71.7 Å². The molecule has 3 nitrogen and oxygen atoms in total. The van der Waals surface area contributed by atoms with Crippen LogP contribution in [0.15, 0.2) is 54.7 Å². The molecule has 0 aliphatic heterocycles. The molecule has 0 amide bonds. The van der Waals surface area contributed by atoms with E-state index in [0.717, 1.165) is 16.5 Å². The molecule has 3 rings (SSSR count). The minimum atomic E-state index is -1.28. The highest BCUT2D eigenvalue weighted by molar-refractivity contribution is 5.86. The van der Waals surface area contributed by atoms with Crippen LogP contribution in [-0.2, 0) is 16.6 Å². The number of aromatic nitrogens is 1. The molecule has 3 aromatic rings. The predicted octanol–water partition coefficient (Wildman–Crippen LogP) is 4.28. The Morgan fingerprint density at radius 2 is 1.87 bits per heavy atom. The molecule has 0 bridgehead atoms. The van der Waals surface area contributed by atoms with Gasteiger partial charge in [0, 0.05) is 22.7 Å². The van der Waals surface area contributed by atoms with E-state index in [1.807, 2.05) is 30.5 Å².